The van der Waals surface area contributed by atoms with E-state index < -0.39 is 0 Å². The molecule has 0 heterocycles. The van der Waals surface area contributed by atoms with Gasteiger partial charge in [0.05, 0.1) is 0 Å². The standard InChI is InChI=1S/2C17H31P.2ClH.Pd/c2*1-15(2)13-14-18(16-9-5-3-6-10-16)17-11-7-4-8-12-17;;;/h2*13,16-17H,3-12,14H2,1-2H3;2*1H;/q;;;;+2/p-2. The molecule has 0 saturated heterocycles. The fourth-order valence-corrected chi connectivity index (χ4v) is 15.1. The molecule has 0 atom stereocenters. The van der Waals surface area contributed by atoms with Gasteiger partial charge in [0.1, 0.15) is 0 Å². The van der Waals surface area contributed by atoms with Crippen LogP contribution < -0.4 is 24.8 Å². The second-order valence-electron chi connectivity index (χ2n) is 13.1. The molecule has 0 nitrogen and oxygen atoms in total. The molecular formula is C34H62Cl2P2Pd. The van der Waals surface area contributed by atoms with Gasteiger partial charge in [0.15, 0.2) is 0 Å². The Morgan fingerprint density at radius 2 is 0.641 bits per heavy atom. The van der Waals surface area contributed by atoms with Crippen LogP contribution in [0, 0.1) is 0 Å². The Labute approximate surface area is 273 Å². The number of allylic oxidation sites excluding steroid dienone is 4. The number of halogens is 2. The second-order valence-corrected chi connectivity index (χ2v) is 18.8. The molecular weight excluding hydrogens is 648 g/mol. The monoisotopic (exact) mass is 708 g/mol. The predicted molar refractivity (Wildman–Crippen MR) is 170 cm³/mol. The maximum atomic E-state index is 2.55. The quantitative estimate of drug-likeness (QED) is 0.160. The van der Waals surface area contributed by atoms with Gasteiger partial charge < -0.3 is 24.8 Å². The molecule has 0 bridgehead atoms. The van der Waals surface area contributed by atoms with Gasteiger partial charge in [-0.25, -0.2) is 0 Å². The maximum Gasteiger partial charge on any atom is 2.00 e. The molecule has 4 fully saturated rings. The second kappa shape index (κ2) is 24.0. The normalized spacial score (nSPS) is 21.5. The Kier molecular flexibility index (Phi) is 24.9. The van der Waals surface area contributed by atoms with Crippen molar-refractivity contribution in [2.75, 3.05) is 12.3 Å². The zero-order valence-corrected chi connectivity index (χ0v) is 30.8. The molecule has 0 spiro atoms. The minimum Gasteiger partial charge on any atom is -1.00 e. The van der Waals surface area contributed by atoms with Crippen molar-refractivity contribution in [3.05, 3.63) is 23.3 Å². The number of rotatable bonds is 8. The van der Waals surface area contributed by atoms with Crippen LogP contribution in [0.5, 0.6) is 0 Å². The smallest absolute Gasteiger partial charge is 1.00 e. The van der Waals surface area contributed by atoms with E-state index in [2.05, 4.69) is 39.8 Å². The summed E-state index contributed by atoms with van der Waals surface area (Å²) in [5, 5.41) is 0. The van der Waals surface area contributed by atoms with E-state index in [0.717, 1.165) is 22.6 Å². The van der Waals surface area contributed by atoms with Crippen molar-refractivity contribution >= 4 is 15.8 Å². The van der Waals surface area contributed by atoms with Crippen molar-refractivity contribution in [2.45, 2.75) is 179 Å². The molecule has 0 N–H and O–H groups in total. The van der Waals surface area contributed by atoms with Crippen LogP contribution in [0.1, 0.15) is 156 Å². The zero-order valence-electron chi connectivity index (χ0n) is 26.0. The summed E-state index contributed by atoms with van der Waals surface area (Å²) in [5.41, 5.74) is 7.54. The minimum absolute atomic E-state index is 0. The van der Waals surface area contributed by atoms with Gasteiger partial charge in [-0.2, -0.15) is 0 Å². The van der Waals surface area contributed by atoms with Crippen LogP contribution in [-0.4, -0.2) is 35.0 Å². The first kappa shape index (κ1) is 40.6. The summed E-state index contributed by atoms with van der Waals surface area (Å²) in [4.78, 5) is 0. The first-order chi connectivity index (χ1) is 17.5. The van der Waals surface area contributed by atoms with Crippen molar-refractivity contribution in [1.29, 1.82) is 0 Å². The molecule has 39 heavy (non-hydrogen) atoms. The Bertz CT molecular complexity index is 544. The molecule has 0 aliphatic heterocycles. The summed E-state index contributed by atoms with van der Waals surface area (Å²) >= 11 is 0. The molecule has 0 aromatic rings. The van der Waals surface area contributed by atoms with E-state index in [4.69, 9.17) is 0 Å². The van der Waals surface area contributed by atoms with Gasteiger partial charge in [0, 0.05) is 0 Å². The van der Waals surface area contributed by atoms with Crippen LogP contribution in [0.25, 0.3) is 0 Å². The van der Waals surface area contributed by atoms with Gasteiger partial charge in [0.2, 0.25) is 0 Å². The van der Waals surface area contributed by atoms with Crippen molar-refractivity contribution in [2.24, 2.45) is 0 Å². The third kappa shape index (κ3) is 15.7. The molecule has 232 valence electrons. The zero-order chi connectivity index (χ0) is 25.6. The van der Waals surface area contributed by atoms with E-state index in [1.165, 1.54) is 101 Å². The Hall–Kier alpha value is 1.58. The average molecular weight is 710 g/mol. The van der Waals surface area contributed by atoms with Gasteiger partial charge in [-0.3, -0.25) is 0 Å². The topological polar surface area (TPSA) is 0 Å². The molecule has 0 radical (unpaired) electrons. The SMILES string of the molecule is CC(C)=CCP(C1CCCCC1)C1CCCCC1.CC(C)=CCP(C1CCCCC1)C1CCCCC1.[Cl-].[Cl-].[Pd+2]. The molecule has 4 saturated carbocycles. The van der Waals surface area contributed by atoms with Crippen LogP contribution in [-0.2, 0) is 20.4 Å². The van der Waals surface area contributed by atoms with Gasteiger partial charge in [-0.1, -0.05) is 116 Å². The van der Waals surface area contributed by atoms with Gasteiger partial charge >= 0.3 is 20.4 Å². The van der Waals surface area contributed by atoms with Crippen LogP contribution in [0.4, 0.5) is 0 Å². The molecule has 4 aliphatic rings. The molecule has 0 aromatic carbocycles. The fourth-order valence-electron chi connectivity index (χ4n) is 7.42. The molecule has 0 amide bonds. The summed E-state index contributed by atoms with van der Waals surface area (Å²) in [6.45, 7) is 9.09. The first-order valence-electron chi connectivity index (χ1n) is 16.3. The summed E-state index contributed by atoms with van der Waals surface area (Å²) < 4.78 is 0. The molecule has 5 heteroatoms. The van der Waals surface area contributed by atoms with Crippen LogP contribution in [0.15, 0.2) is 23.3 Å². The molecule has 4 aliphatic carbocycles. The third-order valence-corrected chi connectivity index (χ3v) is 16.6. The van der Waals surface area contributed by atoms with Gasteiger partial charge in [-0.05, 0) is 114 Å². The van der Waals surface area contributed by atoms with E-state index in [1.807, 2.05) is 0 Å². The average Bonchev–Trinajstić information content (AvgIpc) is 2.91. The van der Waals surface area contributed by atoms with E-state index in [0.29, 0.717) is 15.8 Å². The van der Waals surface area contributed by atoms with Crippen molar-refractivity contribution in [1.82, 2.24) is 0 Å². The van der Waals surface area contributed by atoms with Crippen LogP contribution >= 0.6 is 15.8 Å². The Morgan fingerprint density at radius 1 is 0.436 bits per heavy atom. The third-order valence-electron chi connectivity index (χ3n) is 9.60. The van der Waals surface area contributed by atoms with Crippen molar-refractivity contribution in [3.8, 4) is 0 Å². The largest absolute Gasteiger partial charge is 2.00 e. The van der Waals surface area contributed by atoms with Crippen molar-refractivity contribution < 1.29 is 45.2 Å². The maximum absolute atomic E-state index is 2.55. The first-order valence-corrected chi connectivity index (χ1v) is 19.7. The van der Waals surface area contributed by atoms with Gasteiger partial charge in [0.25, 0.3) is 0 Å². The Balaban J connectivity index is 0.000000688. The molecule has 0 aromatic heterocycles. The molecule has 4 rings (SSSR count). The Morgan fingerprint density at radius 3 is 0.821 bits per heavy atom. The van der Waals surface area contributed by atoms with Gasteiger partial charge in [-0.15, -0.1) is 0 Å². The molecule has 0 unspecified atom stereocenters. The predicted octanol–water partition coefficient (Wildman–Crippen LogP) is 6.21. The van der Waals surface area contributed by atoms with E-state index >= 15 is 0 Å². The number of hydrogen-bond donors (Lipinski definition) is 0. The summed E-state index contributed by atoms with van der Waals surface area (Å²) in [6.07, 6.45) is 38.6. The fraction of sp³-hybridized carbons (Fsp3) is 0.882. The van der Waals surface area contributed by atoms with Crippen LogP contribution in [0.3, 0.4) is 0 Å². The van der Waals surface area contributed by atoms with Crippen molar-refractivity contribution in [3.63, 3.8) is 0 Å². The summed E-state index contributed by atoms with van der Waals surface area (Å²) in [7, 11) is 0.588. The minimum atomic E-state index is 0. The summed E-state index contributed by atoms with van der Waals surface area (Å²) in [6, 6.07) is 0. The number of hydrogen-bond acceptors (Lipinski definition) is 0. The van der Waals surface area contributed by atoms with E-state index in [-0.39, 0.29) is 45.2 Å². The van der Waals surface area contributed by atoms with Crippen LogP contribution in [0.2, 0.25) is 0 Å². The van der Waals surface area contributed by atoms with E-state index in [9.17, 15) is 0 Å². The van der Waals surface area contributed by atoms with E-state index in [1.54, 1.807) is 51.4 Å². The summed E-state index contributed by atoms with van der Waals surface area (Å²) in [5.74, 6) is 0.